The van der Waals surface area contributed by atoms with Gasteiger partial charge in [-0.25, -0.2) is 0 Å². The maximum Gasteiger partial charge on any atom is 0.0543 e. The summed E-state index contributed by atoms with van der Waals surface area (Å²) in [5, 5.41) is 13.0. The third kappa shape index (κ3) is 3.37. The molecule has 0 aromatic heterocycles. The van der Waals surface area contributed by atoms with E-state index in [9.17, 15) is 5.11 Å². The number of aryl methyl sites for hydroxylation is 1. The summed E-state index contributed by atoms with van der Waals surface area (Å²) in [6, 6.07) is 6.03. The van der Waals surface area contributed by atoms with Gasteiger partial charge >= 0.3 is 0 Å². The molecule has 0 spiro atoms. The van der Waals surface area contributed by atoms with E-state index in [4.69, 9.17) is 5.73 Å². The number of benzene rings is 1. The molecule has 2 rings (SSSR count). The first kappa shape index (κ1) is 12.2. The topological polar surface area (TPSA) is 58.3 Å². The highest BCUT2D eigenvalue weighted by molar-refractivity contribution is 5.56. The van der Waals surface area contributed by atoms with Gasteiger partial charge in [0, 0.05) is 17.9 Å². The van der Waals surface area contributed by atoms with Crippen LogP contribution in [0.3, 0.4) is 0 Å². The van der Waals surface area contributed by atoms with E-state index in [1.54, 1.807) is 0 Å². The molecule has 1 saturated carbocycles. The van der Waals surface area contributed by atoms with Crippen LogP contribution in [-0.2, 0) is 0 Å². The second-order valence-electron chi connectivity index (χ2n) is 5.14. The second-order valence-corrected chi connectivity index (χ2v) is 5.14. The number of hydrogen-bond acceptors (Lipinski definition) is 3. The molecule has 1 aliphatic rings. The lowest BCUT2D eigenvalue weighted by molar-refractivity contribution is 0.105. The summed E-state index contributed by atoms with van der Waals surface area (Å²) < 4.78 is 0. The Morgan fingerprint density at radius 1 is 1.41 bits per heavy atom. The van der Waals surface area contributed by atoms with Crippen LogP contribution < -0.4 is 11.1 Å². The van der Waals surface area contributed by atoms with Crippen molar-refractivity contribution < 1.29 is 5.11 Å². The summed E-state index contributed by atoms with van der Waals surface area (Å²) in [5.41, 5.74) is 8.85. The molecule has 0 heterocycles. The largest absolute Gasteiger partial charge is 0.399 e. The summed E-state index contributed by atoms with van der Waals surface area (Å²) in [5.74, 6) is 0.594. The first-order valence-electron chi connectivity index (χ1n) is 6.43. The Kier molecular flexibility index (Phi) is 3.89. The fraction of sp³-hybridized carbons (Fsp3) is 0.571. The van der Waals surface area contributed by atoms with Crippen LogP contribution in [0.15, 0.2) is 18.2 Å². The standard InChI is InChI=1S/C14H22N2O/c1-10-7-12(5-6-14(10)15)16-9-11-3-2-4-13(17)8-11/h5-7,11,13,16-17H,2-4,8-9,15H2,1H3. The van der Waals surface area contributed by atoms with E-state index in [0.717, 1.165) is 42.7 Å². The smallest absolute Gasteiger partial charge is 0.0543 e. The Balaban J connectivity index is 1.86. The van der Waals surface area contributed by atoms with Crippen molar-refractivity contribution in [1.29, 1.82) is 0 Å². The molecule has 4 N–H and O–H groups in total. The zero-order valence-electron chi connectivity index (χ0n) is 10.4. The molecule has 0 radical (unpaired) electrons. The lowest BCUT2D eigenvalue weighted by Crippen LogP contribution is -2.25. The molecular formula is C14H22N2O. The number of anilines is 2. The SMILES string of the molecule is Cc1cc(NCC2CCCC(O)C2)ccc1N. The Labute approximate surface area is 103 Å². The van der Waals surface area contributed by atoms with Crippen LogP contribution in [0.2, 0.25) is 0 Å². The summed E-state index contributed by atoms with van der Waals surface area (Å²) >= 11 is 0. The average Bonchev–Trinajstić information content (AvgIpc) is 2.31. The van der Waals surface area contributed by atoms with Crippen molar-refractivity contribution in [2.45, 2.75) is 38.7 Å². The molecule has 3 nitrogen and oxygen atoms in total. The average molecular weight is 234 g/mol. The number of nitrogens with two attached hydrogens (primary N) is 1. The van der Waals surface area contributed by atoms with Crippen LogP contribution in [0.25, 0.3) is 0 Å². The quantitative estimate of drug-likeness (QED) is 0.704. The molecule has 94 valence electrons. The van der Waals surface area contributed by atoms with E-state index < -0.39 is 0 Å². The highest BCUT2D eigenvalue weighted by atomic mass is 16.3. The minimum absolute atomic E-state index is 0.0938. The Morgan fingerprint density at radius 3 is 2.94 bits per heavy atom. The van der Waals surface area contributed by atoms with Gasteiger partial charge in [0.25, 0.3) is 0 Å². The Hall–Kier alpha value is -1.22. The van der Waals surface area contributed by atoms with Gasteiger partial charge in [0.1, 0.15) is 0 Å². The number of rotatable bonds is 3. The number of nitrogens with one attached hydrogen (secondary N) is 1. The number of hydrogen-bond donors (Lipinski definition) is 3. The molecule has 1 aromatic rings. The third-order valence-corrected chi connectivity index (χ3v) is 3.62. The molecule has 2 unspecified atom stereocenters. The van der Waals surface area contributed by atoms with Crippen LogP contribution in [0.5, 0.6) is 0 Å². The van der Waals surface area contributed by atoms with Crippen molar-refractivity contribution in [3.63, 3.8) is 0 Å². The van der Waals surface area contributed by atoms with Gasteiger partial charge in [-0.2, -0.15) is 0 Å². The zero-order valence-corrected chi connectivity index (χ0v) is 10.4. The first-order chi connectivity index (χ1) is 8.15. The van der Waals surface area contributed by atoms with Gasteiger partial charge in [-0.3, -0.25) is 0 Å². The molecule has 0 amide bonds. The Morgan fingerprint density at radius 2 is 2.24 bits per heavy atom. The van der Waals surface area contributed by atoms with Crippen LogP contribution in [0, 0.1) is 12.8 Å². The number of aliphatic hydroxyl groups excluding tert-OH is 1. The molecule has 3 heteroatoms. The summed E-state index contributed by atoms with van der Waals surface area (Å²) in [6.07, 6.45) is 4.17. The summed E-state index contributed by atoms with van der Waals surface area (Å²) in [6.45, 7) is 2.96. The monoisotopic (exact) mass is 234 g/mol. The maximum atomic E-state index is 9.61. The van der Waals surface area contributed by atoms with E-state index in [1.807, 2.05) is 19.1 Å². The van der Waals surface area contributed by atoms with Gasteiger partial charge in [0.2, 0.25) is 0 Å². The van der Waals surface area contributed by atoms with E-state index in [1.165, 1.54) is 6.42 Å². The van der Waals surface area contributed by atoms with Crippen molar-refractivity contribution >= 4 is 11.4 Å². The van der Waals surface area contributed by atoms with Crippen LogP contribution in [-0.4, -0.2) is 17.8 Å². The fourth-order valence-corrected chi connectivity index (χ4v) is 2.50. The second kappa shape index (κ2) is 5.41. The van der Waals surface area contributed by atoms with Crippen molar-refractivity contribution in [1.82, 2.24) is 0 Å². The molecule has 1 aromatic carbocycles. The van der Waals surface area contributed by atoms with Gasteiger partial charge in [-0.05, 0) is 55.9 Å². The Bertz CT molecular complexity index is 378. The third-order valence-electron chi connectivity index (χ3n) is 3.62. The summed E-state index contributed by atoms with van der Waals surface area (Å²) in [7, 11) is 0. The molecule has 0 bridgehead atoms. The van der Waals surface area contributed by atoms with Gasteiger partial charge in [0.05, 0.1) is 6.10 Å². The fourth-order valence-electron chi connectivity index (χ4n) is 2.50. The van der Waals surface area contributed by atoms with E-state index in [-0.39, 0.29) is 6.10 Å². The zero-order chi connectivity index (χ0) is 12.3. The molecular weight excluding hydrogens is 212 g/mol. The molecule has 1 aliphatic carbocycles. The molecule has 2 atom stereocenters. The van der Waals surface area contributed by atoms with Crippen molar-refractivity contribution in [3.8, 4) is 0 Å². The van der Waals surface area contributed by atoms with Crippen molar-refractivity contribution in [3.05, 3.63) is 23.8 Å². The minimum Gasteiger partial charge on any atom is -0.399 e. The van der Waals surface area contributed by atoms with Gasteiger partial charge in [-0.1, -0.05) is 6.42 Å². The normalized spacial score (nSPS) is 24.6. The lowest BCUT2D eigenvalue weighted by Gasteiger charge is -2.26. The van der Waals surface area contributed by atoms with E-state index in [2.05, 4.69) is 11.4 Å². The van der Waals surface area contributed by atoms with Crippen LogP contribution in [0.1, 0.15) is 31.2 Å². The van der Waals surface area contributed by atoms with Gasteiger partial charge < -0.3 is 16.2 Å². The predicted molar refractivity (Wildman–Crippen MR) is 72.0 cm³/mol. The minimum atomic E-state index is -0.0938. The number of aliphatic hydroxyl groups is 1. The van der Waals surface area contributed by atoms with Gasteiger partial charge in [0.15, 0.2) is 0 Å². The van der Waals surface area contributed by atoms with Crippen molar-refractivity contribution in [2.24, 2.45) is 5.92 Å². The highest BCUT2D eigenvalue weighted by Crippen LogP contribution is 2.25. The first-order valence-corrected chi connectivity index (χ1v) is 6.43. The molecule has 0 aliphatic heterocycles. The van der Waals surface area contributed by atoms with Crippen LogP contribution in [0.4, 0.5) is 11.4 Å². The highest BCUT2D eigenvalue weighted by Gasteiger charge is 2.19. The lowest BCUT2D eigenvalue weighted by atomic mass is 9.87. The maximum absolute atomic E-state index is 9.61. The van der Waals surface area contributed by atoms with Crippen molar-refractivity contribution in [2.75, 3.05) is 17.6 Å². The van der Waals surface area contributed by atoms with Gasteiger partial charge in [-0.15, -0.1) is 0 Å². The number of nitrogen functional groups attached to an aromatic ring is 1. The molecule has 17 heavy (non-hydrogen) atoms. The van der Waals surface area contributed by atoms with Crippen LogP contribution >= 0.6 is 0 Å². The van der Waals surface area contributed by atoms with E-state index in [0.29, 0.717) is 5.92 Å². The predicted octanol–water partition coefficient (Wildman–Crippen LogP) is 2.54. The molecule has 1 fully saturated rings. The summed E-state index contributed by atoms with van der Waals surface area (Å²) in [4.78, 5) is 0. The molecule has 0 saturated heterocycles. The van der Waals surface area contributed by atoms with E-state index >= 15 is 0 Å².